The number of ether oxygens (including phenoxy) is 4. The van der Waals surface area contributed by atoms with Crippen LogP contribution in [0, 0.1) is 0 Å². The summed E-state index contributed by atoms with van der Waals surface area (Å²) < 4.78 is 23.8. The summed E-state index contributed by atoms with van der Waals surface area (Å²) in [5.41, 5.74) is 11.7. The van der Waals surface area contributed by atoms with E-state index in [1.165, 1.54) is 38.9 Å². The molecular weight excluding hydrogens is 1080 g/mol. The van der Waals surface area contributed by atoms with Gasteiger partial charge in [0, 0.05) is 96.0 Å². The van der Waals surface area contributed by atoms with Gasteiger partial charge in [-0.1, -0.05) is 62.8 Å². The van der Waals surface area contributed by atoms with Crippen molar-refractivity contribution in [2.75, 3.05) is 85.0 Å². The zero-order valence-electron chi connectivity index (χ0n) is 45.1. The Morgan fingerprint density at radius 2 is 1.60 bits per heavy atom. The Bertz CT molecular complexity index is 2630. The minimum absolute atomic E-state index is 0. The zero-order chi connectivity index (χ0) is 55.1. The van der Waals surface area contributed by atoms with Gasteiger partial charge in [0.1, 0.15) is 31.0 Å². The van der Waals surface area contributed by atoms with Gasteiger partial charge in [0.15, 0.2) is 0 Å². The number of amides is 7. The first-order valence-corrected chi connectivity index (χ1v) is 26.1. The second-order valence-electron chi connectivity index (χ2n) is 18.9. The Kier molecular flexibility index (Phi) is 26.0. The maximum atomic E-state index is 14.2. The van der Waals surface area contributed by atoms with Crippen molar-refractivity contribution in [1.82, 2.24) is 35.3 Å². The van der Waals surface area contributed by atoms with E-state index in [9.17, 15) is 34.0 Å². The number of hydrogen-bond acceptors (Lipinski definition) is 15. The Morgan fingerprint density at radius 1 is 0.885 bits per heavy atom. The molecule has 2 saturated heterocycles. The number of carbonyl (C=O) groups is 6. The fourth-order valence-electron chi connectivity index (χ4n) is 8.53. The molecular formula is C55H73N11O11Y. The molecule has 0 aromatic heterocycles. The van der Waals surface area contributed by atoms with Gasteiger partial charge in [-0.15, -0.1) is 0 Å². The van der Waals surface area contributed by atoms with Gasteiger partial charge < -0.3 is 55.2 Å². The normalized spacial score (nSPS) is 17.0. The molecule has 22 nitrogen and oxygen atoms in total. The van der Waals surface area contributed by atoms with Gasteiger partial charge in [-0.05, 0) is 92.4 Å². The molecule has 1 radical (unpaired) electrons. The summed E-state index contributed by atoms with van der Waals surface area (Å²) in [4.78, 5) is 94.7. The number of nitrogens with one attached hydrogen (secondary N) is 3. The largest absolute Gasteiger partial charge is 0.492 e. The van der Waals surface area contributed by atoms with Crippen LogP contribution in [0.25, 0.3) is 0 Å². The van der Waals surface area contributed by atoms with Crippen LogP contribution in [0.3, 0.4) is 0 Å². The number of benzene rings is 3. The molecule has 3 aromatic rings. The van der Waals surface area contributed by atoms with E-state index in [0.717, 1.165) is 36.3 Å². The molecule has 23 heteroatoms. The molecule has 417 valence electrons. The number of carbonyl (C=O) groups excluding carboxylic acids is 6. The van der Waals surface area contributed by atoms with E-state index in [4.69, 9.17) is 34.7 Å². The first-order chi connectivity index (χ1) is 37.3. The summed E-state index contributed by atoms with van der Waals surface area (Å²) in [5, 5.41) is 14.6. The van der Waals surface area contributed by atoms with Crippen LogP contribution in [0.5, 0.6) is 5.75 Å². The number of likely N-dealkylation sites (tertiary alicyclic amines) is 2. The molecule has 7 rings (SSSR count). The van der Waals surface area contributed by atoms with E-state index in [-0.39, 0.29) is 78.1 Å². The molecule has 4 aliphatic heterocycles. The minimum Gasteiger partial charge on any atom is -0.492 e. The first kappa shape index (κ1) is 62.4. The van der Waals surface area contributed by atoms with Crippen molar-refractivity contribution >= 4 is 58.8 Å². The third-order valence-corrected chi connectivity index (χ3v) is 12.6. The molecule has 2 unspecified atom stereocenters. The number of nitrogens with zero attached hydrogens (tertiary/aromatic N) is 7. The number of likely N-dealkylation sites (N-methyl/N-ethyl adjacent to an activating group) is 2. The third-order valence-electron chi connectivity index (χ3n) is 12.6. The number of hydroxylamine groups is 1. The van der Waals surface area contributed by atoms with Crippen LogP contribution in [0.1, 0.15) is 74.6 Å². The molecule has 0 saturated carbocycles. The Labute approximate surface area is 481 Å². The first-order valence-electron chi connectivity index (χ1n) is 26.1. The molecule has 7 amide bonds. The topological polar surface area (TPSA) is 263 Å². The van der Waals surface area contributed by atoms with Crippen LogP contribution in [0.4, 0.5) is 21.0 Å². The van der Waals surface area contributed by atoms with Crippen molar-refractivity contribution in [1.29, 1.82) is 0 Å². The predicted octanol–water partition coefficient (Wildman–Crippen LogP) is 5.07. The van der Waals surface area contributed by atoms with E-state index in [0.29, 0.717) is 67.7 Å². The summed E-state index contributed by atoms with van der Waals surface area (Å²) in [7, 11) is 3.19. The van der Waals surface area contributed by atoms with Gasteiger partial charge >= 0.3 is 12.1 Å². The number of aliphatic imine (C=N–C) groups is 2. The number of guanidine groups is 1. The Balaban J connectivity index is 0.00000274. The van der Waals surface area contributed by atoms with Crippen LogP contribution in [0.15, 0.2) is 101 Å². The van der Waals surface area contributed by atoms with Crippen molar-refractivity contribution in [3.8, 4) is 5.75 Å². The van der Waals surface area contributed by atoms with Crippen molar-refractivity contribution < 1.29 is 85.6 Å². The van der Waals surface area contributed by atoms with Gasteiger partial charge in [-0.25, -0.2) is 24.5 Å². The molecule has 2 atom stereocenters. The number of urea groups is 1. The smallest absolute Gasteiger partial charge is 0.409 e. The number of allylic oxidation sites excluding steroid dienone is 1. The molecule has 2 fully saturated rings. The summed E-state index contributed by atoms with van der Waals surface area (Å²) in [6.45, 7) is 9.28. The van der Waals surface area contributed by atoms with Crippen LogP contribution >= 0.6 is 0 Å². The number of fused-ring (bicyclic) bond motifs is 6. The summed E-state index contributed by atoms with van der Waals surface area (Å²) >= 11 is 0. The maximum Gasteiger partial charge on any atom is 0.409 e. The van der Waals surface area contributed by atoms with Crippen LogP contribution < -0.4 is 26.6 Å². The summed E-state index contributed by atoms with van der Waals surface area (Å²) in [6, 6.07) is 17.4. The monoisotopic (exact) mass is 1150 g/mol. The SMILES string of the molecule is CCC.CN(CCN(C)C(=O)N1C=CC2=NC1=Nc1ccc(OCCN3CCCC3)c(c1)COC/C=C/COCc1cccc2c1)C(=O)OCc1ccc(NC(=O)CNC(=O)C2CCCN2C(=O)C(CC(N)=O)NO)cc1.[Y]. The van der Waals surface area contributed by atoms with Gasteiger partial charge in [0.2, 0.25) is 29.6 Å². The number of nitrogens with two attached hydrogens (primary N) is 1. The van der Waals surface area contributed by atoms with Crippen LogP contribution in [-0.2, 0) is 85.9 Å². The molecule has 6 N–H and O–H groups in total. The average molecular weight is 1150 g/mol. The Morgan fingerprint density at radius 3 is 2.32 bits per heavy atom. The molecule has 4 aliphatic rings. The molecule has 4 heterocycles. The van der Waals surface area contributed by atoms with Crippen molar-refractivity contribution in [2.24, 2.45) is 15.7 Å². The molecule has 0 aliphatic carbocycles. The predicted molar refractivity (Wildman–Crippen MR) is 289 cm³/mol. The zero-order valence-corrected chi connectivity index (χ0v) is 47.9. The van der Waals surface area contributed by atoms with Gasteiger partial charge in [0.25, 0.3) is 0 Å². The molecule has 78 heavy (non-hydrogen) atoms. The number of primary amides is 1. The fourth-order valence-corrected chi connectivity index (χ4v) is 8.53. The quantitative estimate of drug-likeness (QED) is 0.0875. The van der Waals surface area contributed by atoms with E-state index < -0.39 is 54.3 Å². The molecule has 0 spiro atoms. The van der Waals surface area contributed by atoms with E-state index in [1.807, 2.05) is 54.6 Å². The maximum absolute atomic E-state index is 14.2. The van der Waals surface area contributed by atoms with Crippen molar-refractivity contribution in [2.45, 2.75) is 84.3 Å². The average Bonchev–Trinajstić information content (AvgIpc) is 4.21. The van der Waals surface area contributed by atoms with Gasteiger partial charge in [-0.3, -0.25) is 24.1 Å². The third kappa shape index (κ3) is 19.2. The van der Waals surface area contributed by atoms with Crippen LogP contribution in [-0.4, -0.2) is 169 Å². The minimum atomic E-state index is -1.29. The number of hydrogen-bond donors (Lipinski definition) is 5. The fraction of sp³-hybridized carbons (Fsp3) is 0.455. The second-order valence-corrected chi connectivity index (χ2v) is 18.9. The molecule has 3 aromatic carbocycles. The van der Waals surface area contributed by atoms with E-state index >= 15 is 0 Å². The van der Waals surface area contributed by atoms with Crippen molar-refractivity contribution in [3.05, 3.63) is 113 Å². The van der Waals surface area contributed by atoms with E-state index in [1.54, 1.807) is 56.1 Å². The summed E-state index contributed by atoms with van der Waals surface area (Å²) in [6.07, 6.45) is 10.7. The summed E-state index contributed by atoms with van der Waals surface area (Å²) in [5.74, 6) is -1.70. The number of rotatable bonds is 17. The van der Waals surface area contributed by atoms with Gasteiger partial charge in [-0.2, -0.15) is 5.48 Å². The van der Waals surface area contributed by atoms with E-state index in [2.05, 4.69) is 29.4 Å². The second kappa shape index (κ2) is 32.5. The van der Waals surface area contributed by atoms with Gasteiger partial charge in [0.05, 0.1) is 50.8 Å². The van der Waals surface area contributed by atoms with Crippen LogP contribution in [0.2, 0.25) is 0 Å². The molecule has 6 bridgehead atoms. The number of anilines is 1. The van der Waals surface area contributed by atoms with Crippen molar-refractivity contribution in [3.63, 3.8) is 0 Å². The Hall–Kier alpha value is -6.40. The standard InChI is InChI=1S/C52H65N11O11.C3H8.Y/c1-59(23-24-60(2)52(69)74-34-36-12-14-40(15-13-36)55-47(65)32-54-48(66)44-11-8-21-62(44)49(67)43(58-70)31-46(53)64)51(68)63-22-18-42-38-10-7-9-37(29-38)33-71-26-5-6-27-72-35-39-30-41(56-50(63)57-42)16-17-45(39)73-28-25-61-19-3-4-20-61;1-3-2;/h5-7,9-10,12-18,22,29-30,43-44,58,70H,3-4,8,11,19-21,23-28,31-35H2,1-2H3,(H2,53,64)(H,54,66)(H,55,65);3H2,1-2H3;/b6-5+,56-50?;;.